The van der Waals surface area contributed by atoms with Gasteiger partial charge in [0.1, 0.15) is 11.4 Å². The summed E-state index contributed by atoms with van der Waals surface area (Å²) in [7, 11) is 1.65. The molecule has 0 aliphatic rings. The van der Waals surface area contributed by atoms with Gasteiger partial charge in [-0.25, -0.2) is 4.79 Å². The van der Waals surface area contributed by atoms with Crippen molar-refractivity contribution in [2.45, 2.75) is 40.2 Å². The Balaban J connectivity index is 2.66. The summed E-state index contributed by atoms with van der Waals surface area (Å²) in [5.41, 5.74) is 2.26. The monoisotopic (exact) mass is 301 g/mol. The van der Waals surface area contributed by atoms with E-state index in [9.17, 15) is 4.79 Å². The third-order valence-corrected chi connectivity index (χ3v) is 3.31. The number of aromatic nitrogens is 1. The summed E-state index contributed by atoms with van der Waals surface area (Å²) >= 11 is 0. The molecule has 0 aliphatic carbocycles. The second-order valence-electron chi connectivity index (χ2n) is 6.24. The van der Waals surface area contributed by atoms with Gasteiger partial charge >= 0.3 is 6.09 Å². The van der Waals surface area contributed by atoms with Gasteiger partial charge in [0.2, 0.25) is 0 Å². The number of fused-ring (bicyclic) bond motifs is 1. The second kappa shape index (κ2) is 5.87. The molecule has 22 heavy (non-hydrogen) atoms. The molecule has 0 saturated heterocycles. The smallest absolute Gasteiger partial charge is 0.419 e. The zero-order valence-electron chi connectivity index (χ0n) is 14.1. The molecule has 0 spiro atoms. The topological polar surface area (TPSA) is 40.5 Å². The third-order valence-electron chi connectivity index (χ3n) is 3.31. The summed E-state index contributed by atoms with van der Waals surface area (Å²) in [5, 5.41) is 0.973. The van der Waals surface area contributed by atoms with Crippen molar-refractivity contribution in [3.05, 3.63) is 35.5 Å². The highest BCUT2D eigenvalue weighted by Gasteiger charge is 2.21. The zero-order chi connectivity index (χ0) is 16.5. The summed E-state index contributed by atoms with van der Waals surface area (Å²) in [5.74, 6) is 0.796. The molecule has 4 heteroatoms. The molecular weight excluding hydrogens is 278 g/mol. The van der Waals surface area contributed by atoms with Crippen molar-refractivity contribution in [1.82, 2.24) is 4.57 Å². The van der Waals surface area contributed by atoms with Crippen molar-refractivity contribution in [1.29, 1.82) is 0 Å². The first kappa shape index (κ1) is 16.1. The molecule has 0 fully saturated rings. The molecule has 0 radical (unpaired) electrons. The lowest BCUT2D eigenvalue weighted by Crippen LogP contribution is -2.26. The molecule has 0 unspecified atom stereocenters. The number of aryl methyl sites for hydroxylation is 1. The fourth-order valence-electron chi connectivity index (χ4n) is 2.50. The number of ether oxygens (including phenoxy) is 2. The first-order chi connectivity index (χ1) is 10.3. The Bertz CT molecular complexity index is 733. The van der Waals surface area contributed by atoms with E-state index < -0.39 is 5.60 Å². The fraction of sp³-hybridized carbons (Fsp3) is 0.389. The Morgan fingerprint density at radius 2 is 2.00 bits per heavy atom. The van der Waals surface area contributed by atoms with Gasteiger partial charge in [-0.1, -0.05) is 12.2 Å². The summed E-state index contributed by atoms with van der Waals surface area (Å²) < 4.78 is 12.5. The van der Waals surface area contributed by atoms with Crippen molar-refractivity contribution in [3.8, 4) is 5.75 Å². The molecule has 0 amide bonds. The molecule has 0 saturated carbocycles. The minimum Gasteiger partial charge on any atom is -0.496 e. The number of nitrogens with zero attached hydrogens (tertiary/aromatic N) is 1. The zero-order valence-corrected chi connectivity index (χ0v) is 14.1. The molecule has 4 nitrogen and oxygen atoms in total. The molecule has 0 N–H and O–H groups in total. The van der Waals surface area contributed by atoms with Crippen LogP contribution in [0.5, 0.6) is 5.75 Å². The maximum atomic E-state index is 12.4. The molecule has 1 aromatic heterocycles. The van der Waals surface area contributed by atoms with Gasteiger partial charge in [-0.05, 0) is 52.3 Å². The number of carbonyl (C=O) groups excluding carboxylic acids is 1. The molecule has 0 atom stereocenters. The van der Waals surface area contributed by atoms with Crippen LogP contribution in [0.15, 0.2) is 24.4 Å². The Morgan fingerprint density at radius 3 is 2.55 bits per heavy atom. The predicted molar refractivity (Wildman–Crippen MR) is 89.6 cm³/mol. The van der Waals surface area contributed by atoms with Crippen molar-refractivity contribution in [2.75, 3.05) is 7.11 Å². The lowest BCUT2D eigenvalue weighted by Gasteiger charge is -2.20. The number of hydrogen-bond acceptors (Lipinski definition) is 3. The van der Waals surface area contributed by atoms with Crippen LogP contribution in [0.2, 0.25) is 0 Å². The predicted octanol–water partition coefficient (Wildman–Crippen LogP) is 4.77. The fourth-order valence-corrected chi connectivity index (χ4v) is 2.50. The third kappa shape index (κ3) is 3.01. The van der Waals surface area contributed by atoms with Gasteiger partial charge in [0.05, 0.1) is 12.6 Å². The van der Waals surface area contributed by atoms with Crippen LogP contribution >= 0.6 is 0 Å². The van der Waals surface area contributed by atoms with Gasteiger partial charge in [0.25, 0.3) is 0 Å². The minimum atomic E-state index is -0.528. The highest BCUT2D eigenvalue weighted by Crippen LogP contribution is 2.33. The van der Waals surface area contributed by atoms with E-state index in [1.54, 1.807) is 17.9 Å². The van der Waals surface area contributed by atoms with Gasteiger partial charge < -0.3 is 9.47 Å². The standard InChI is InChI=1S/C18H23NO3/c1-7-8-13-14-9-10-19(17(20)22-18(3,4)5)16(14)12(2)11-15(13)21-6/h7-11H,1-6H3/b8-7+. The number of rotatable bonds is 2. The first-order valence-corrected chi connectivity index (χ1v) is 7.33. The van der Waals surface area contributed by atoms with E-state index in [-0.39, 0.29) is 6.09 Å². The second-order valence-corrected chi connectivity index (χ2v) is 6.24. The van der Waals surface area contributed by atoms with Crippen LogP contribution < -0.4 is 4.74 Å². The number of allylic oxidation sites excluding steroid dienone is 1. The van der Waals surface area contributed by atoms with E-state index in [1.165, 1.54) is 0 Å². The van der Waals surface area contributed by atoms with E-state index in [0.29, 0.717) is 0 Å². The van der Waals surface area contributed by atoms with Gasteiger partial charge in [0, 0.05) is 17.1 Å². The Hall–Kier alpha value is -2.23. The van der Waals surface area contributed by atoms with Crippen molar-refractivity contribution < 1.29 is 14.3 Å². The van der Waals surface area contributed by atoms with Crippen molar-refractivity contribution >= 4 is 23.1 Å². The lowest BCUT2D eigenvalue weighted by atomic mass is 10.0. The van der Waals surface area contributed by atoms with Crippen LogP contribution in [0.4, 0.5) is 4.79 Å². The van der Waals surface area contributed by atoms with E-state index >= 15 is 0 Å². The van der Waals surface area contributed by atoms with E-state index in [0.717, 1.165) is 27.8 Å². The summed E-state index contributed by atoms with van der Waals surface area (Å²) in [6.45, 7) is 9.49. The van der Waals surface area contributed by atoms with Crippen LogP contribution in [-0.4, -0.2) is 23.4 Å². The molecule has 2 rings (SSSR count). The highest BCUT2D eigenvalue weighted by molar-refractivity contribution is 5.98. The van der Waals surface area contributed by atoms with E-state index in [1.807, 2.05) is 58.9 Å². The molecule has 1 heterocycles. The molecule has 118 valence electrons. The van der Waals surface area contributed by atoms with E-state index in [2.05, 4.69) is 0 Å². The maximum absolute atomic E-state index is 12.4. The minimum absolute atomic E-state index is 0.373. The molecule has 1 aromatic carbocycles. The van der Waals surface area contributed by atoms with Crippen LogP contribution in [0.3, 0.4) is 0 Å². The number of carbonyl (C=O) groups is 1. The van der Waals surface area contributed by atoms with Crippen LogP contribution in [0.25, 0.3) is 17.0 Å². The van der Waals surface area contributed by atoms with Crippen LogP contribution in [0, 0.1) is 6.92 Å². The van der Waals surface area contributed by atoms with Crippen molar-refractivity contribution in [2.24, 2.45) is 0 Å². The first-order valence-electron chi connectivity index (χ1n) is 7.33. The quantitative estimate of drug-likeness (QED) is 0.802. The number of benzene rings is 1. The average molecular weight is 301 g/mol. The number of hydrogen-bond donors (Lipinski definition) is 0. The molecule has 0 bridgehead atoms. The van der Waals surface area contributed by atoms with E-state index in [4.69, 9.17) is 9.47 Å². The molecule has 2 aromatic rings. The maximum Gasteiger partial charge on any atom is 0.419 e. The van der Waals surface area contributed by atoms with Gasteiger partial charge in [-0.15, -0.1) is 0 Å². The SMILES string of the molecule is C/C=C/c1c(OC)cc(C)c2c1ccn2C(=O)OC(C)(C)C. The van der Waals surface area contributed by atoms with Gasteiger partial charge in [0.15, 0.2) is 0 Å². The average Bonchev–Trinajstić information content (AvgIpc) is 2.85. The molecular formula is C18H23NO3. The number of methoxy groups -OCH3 is 1. The molecule has 0 aliphatic heterocycles. The Kier molecular flexibility index (Phi) is 4.31. The lowest BCUT2D eigenvalue weighted by molar-refractivity contribution is 0.0544. The Labute approximate surface area is 131 Å². The summed E-state index contributed by atoms with van der Waals surface area (Å²) in [6, 6.07) is 3.86. The normalized spacial score (nSPS) is 12.1. The van der Waals surface area contributed by atoms with Crippen molar-refractivity contribution in [3.63, 3.8) is 0 Å². The van der Waals surface area contributed by atoms with Gasteiger partial charge in [-0.3, -0.25) is 4.57 Å². The highest BCUT2D eigenvalue weighted by atomic mass is 16.6. The summed E-state index contributed by atoms with van der Waals surface area (Å²) in [4.78, 5) is 12.4. The largest absolute Gasteiger partial charge is 0.496 e. The summed E-state index contributed by atoms with van der Waals surface area (Å²) in [6.07, 6.45) is 5.32. The van der Waals surface area contributed by atoms with Gasteiger partial charge in [-0.2, -0.15) is 0 Å². The Morgan fingerprint density at radius 1 is 1.32 bits per heavy atom. The van der Waals surface area contributed by atoms with Crippen LogP contribution in [-0.2, 0) is 4.74 Å². The van der Waals surface area contributed by atoms with Crippen LogP contribution in [0.1, 0.15) is 38.8 Å².